The lowest BCUT2D eigenvalue weighted by Gasteiger charge is -2.38. The average Bonchev–Trinajstić information content (AvgIpc) is 2.60. The fourth-order valence-corrected chi connectivity index (χ4v) is 3.82. The summed E-state index contributed by atoms with van der Waals surface area (Å²) < 4.78 is 0. The van der Waals surface area contributed by atoms with Crippen molar-refractivity contribution in [3.05, 3.63) is 0 Å². The predicted molar refractivity (Wildman–Crippen MR) is 127 cm³/mol. The molecule has 6 nitrogen and oxygen atoms in total. The Morgan fingerprint density at radius 3 is 2.48 bits per heavy atom. The van der Waals surface area contributed by atoms with E-state index in [0.717, 1.165) is 77.6 Å². The van der Waals surface area contributed by atoms with Crippen molar-refractivity contribution in [1.82, 2.24) is 20.4 Å². The van der Waals surface area contributed by atoms with Crippen LogP contribution in [0.15, 0.2) is 4.99 Å². The molecule has 0 spiro atoms. The van der Waals surface area contributed by atoms with E-state index >= 15 is 0 Å². The number of aliphatic imine (C=N–C) groups is 1. The first-order chi connectivity index (χ1) is 12.7. The van der Waals surface area contributed by atoms with Crippen LogP contribution < -0.4 is 10.6 Å². The molecular weight excluding hydrogens is 473 g/mol. The van der Waals surface area contributed by atoms with E-state index in [0.29, 0.717) is 11.8 Å². The third kappa shape index (κ3) is 9.21. The molecule has 0 aromatic rings. The molecule has 0 unspecified atom stereocenters. The number of guanidine groups is 1. The lowest BCUT2D eigenvalue weighted by Crippen LogP contribution is -2.52. The van der Waals surface area contributed by atoms with E-state index in [4.69, 9.17) is 0 Å². The van der Waals surface area contributed by atoms with Gasteiger partial charge in [-0.25, -0.2) is 0 Å². The molecule has 0 bridgehead atoms. The fraction of sp³-hybridized carbons (Fsp3) is 0.895. The number of nitrogens with zero attached hydrogens (tertiary/aromatic N) is 3. The summed E-state index contributed by atoms with van der Waals surface area (Å²) in [5, 5.41) is 6.76. The Kier molecular flexibility index (Phi) is 13.5. The minimum atomic E-state index is 0. The Bertz CT molecular complexity index is 440. The van der Waals surface area contributed by atoms with Crippen LogP contribution in [-0.2, 0) is 4.79 Å². The molecule has 2 fully saturated rings. The normalized spacial score (nSPS) is 18.6. The monoisotopic (exact) mass is 511 g/mol. The molecule has 1 saturated heterocycles. The van der Waals surface area contributed by atoms with Crippen molar-refractivity contribution in [3.8, 4) is 0 Å². The van der Waals surface area contributed by atoms with E-state index in [9.17, 15) is 4.79 Å². The smallest absolute Gasteiger partial charge is 0.225 e. The minimum absolute atomic E-state index is 0. The van der Waals surface area contributed by atoms with E-state index in [2.05, 4.69) is 38.6 Å². The molecule has 0 atom stereocenters. The number of piperazine rings is 1. The van der Waals surface area contributed by atoms with Crippen molar-refractivity contribution >= 4 is 47.6 Å². The molecule has 1 heterocycles. The quantitative estimate of drug-likeness (QED) is 0.204. The maximum Gasteiger partial charge on any atom is 0.225 e. The summed E-state index contributed by atoms with van der Waals surface area (Å²) >= 11 is 1.90. The standard InChI is InChI=1S/C19H37N5OS.HI/c1-3-20-19(21-9-4-5-16-26-2)22-10-11-23-12-14-24(15-13-23)18(25)17-7-6-8-17;/h17H,3-16H2,1-2H3,(H2,20,21,22);1H. The first-order valence-electron chi connectivity index (χ1n) is 10.3. The summed E-state index contributed by atoms with van der Waals surface area (Å²) in [6.07, 6.45) is 7.97. The highest BCUT2D eigenvalue weighted by atomic mass is 127. The zero-order valence-corrected chi connectivity index (χ0v) is 20.2. The second-order valence-electron chi connectivity index (χ2n) is 7.18. The first kappa shape index (κ1) is 24.8. The lowest BCUT2D eigenvalue weighted by molar-refractivity contribution is -0.139. The van der Waals surface area contributed by atoms with Crippen LogP contribution in [0.25, 0.3) is 0 Å². The molecule has 8 heteroatoms. The molecule has 27 heavy (non-hydrogen) atoms. The van der Waals surface area contributed by atoms with E-state index in [1.807, 2.05) is 11.8 Å². The number of carbonyl (C=O) groups is 1. The van der Waals surface area contributed by atoms with Crippen LogP contribution in [0.2, 0.25) is 0 Å². The molecule has 0 aromatic carbocycles. The second kappa shape index (κ2) is 14.7. The van der Waals surface area contributed by atoms with Crippen molar-refractivity contribution in [3.63, 3.8) is 0 Å². The number of halogens is 1. The van der Waals surface area contributed by atoms with Gasteiger partial charge in [0.25, 0.3) is 0 Å². The molecule has 2 aliphatic rings. The molecule has 1 saturated carbocycles. The number of unbranched alkanes of at least 4 members (excludes halogenated alkanes) is 1. The van der Waals surface area contributed by atoms with E-state index in [-0.39, 0.29) is 24.0 Å². The van der Waals surface area contributed by atoms with Gasteiger partial charge >= 0.3 is 0 Å². The van der Waals surface area contributed by atoms with Gasteiger partial charge in [0.1, 0.15) is 0 Å². The third-order valence-corrected chi connectivity index (χ3v) is 5.93. The van der Waals surface area contributed by atoms with Crippen LogP contribution in [0.5, 0.6) is 0 Å². The van der Waals surface area contributed by atoms with Crippen molar-refractivity contribution in [2.45, 2.75) is 39.0 Å². The summed E-state index contributed by atoms with van der Waals surface area (Å²) in [7, 11) is 0. The minimum Gasteiger partial charge on any atom is -0.357 e. The lowest BCUT2D eigenvalue weighted by atomic mass is 9.84. The molecule has 1 amide bonds. The Labute approximate surface area is 186 Å². The van der Waals surface area contributed by atoms with Gasteiger partial charge in [-0.15, -0.1) is 24.0 Å². The maximum atomic E-state index is 12.3. The van der Waals surface area contributed by atoms with E-state index in [1.165, 1.54) is 18.6 Å². The largest absolute Gasteiger partial charge is 0.357 e. The van der Waals surface area contributed by atoms with Crippen LogP contribution >= 0.6 is 35.7 Å². The van der Waals surface area contributed by atoms with Gasteiger partial charge in [0.05, 0.1) is 0 Å². The number of rotatable bonds is 10. The SMILES string of the molecule is CCNC(=NCCCCSC)NCCN1CCN(C(=O)C2CCC2)CC1.I. The molecule has 1 aliphatic carbocycles. The number of hydrogen-bond acceptors (Lipinski definition) is 4. The highest BCUT2D eigenvalue weighted by Crippen LogP contribution is 2.28. The van der Waals surface area contributed by atoms with Crippen molar-refractivity contribution in [1.29, 1.82) is 0 Å². The van der Waals surface area contributed by atoms with Crippen molar-refractivity contribution in [2.24, 2.45) is 10.9 Å². The Morgan fingerprint density at radius 2 is 1.89 bits per heavy atom. The summed E-state index contributed by atoms with van der Waals surface area (Å²) in [4.78, 5) is 21.5. The maximum absolute atomic E-state index is 12.3. The molecule has 1 aliphatic heterocycles. The first-order valence-corrected chi connectivity index (χ1v) is 11.7. The average molecular weight is 512 g/mol. The van der Waals surface area contributed by atoms with E-state index in [1.54, 1.807) is 0 Å². The number of nitrogens with one attached hydrogen (secondary N) is 2. The summed E-state index contributed by atoms with van der Waals surface area (Å²) in [6, 6.07) is 0. The molecule has 0 radical (unpaired) electrons. The van der Waals surface area contributed by atoms with Crippen LogP contribution in [0.1, 0.15) is 39.0 Å². The van der Waals surface area contributed by atoms with Gasteiger partial charge in [-0.1, -0.05) is 6.42 Å². The van der Waals surface area contributed by atoms with Crippen LogP contribution in [0, 0.1) is 5.92 Å². The molecule has 158 valence electrons. The number of carbonyl (C=O) groups excluding carboxylic acids is 1. The Morgan fingerprint density at radius 1 is 1.15 bits per heavy atom. The molecule has 2 N–H and O–H groups in total. The highest BCUT2D eigenvalue weighted by Gasteiger charge is 2.30. The zero-order valence-electron chi connectivity index (χ0n) is 17.0. The van der Waals surface area contributed by atoms with Gasteiger partial charge in [0.2, 0.25) is 5.91 Å². The van der Waals surface area contributed by atoms with E-state index < -0.39 is 0 Å². The third-order valence-electron chi connectivity index (χ3n) is 5.23. The van der Waals surface area contributed by atoms with Gasteiger partial charge in [-0.2, -0.15) is 11.8 Å². The zero-order chi connectivity index (χ0) is 18.6. The second-order valence-corrected chi connectivity index (χ2v) is 8.17. The van der Waals surface area contributed by atoms with Gasteiger partial charge in [-0.3, -0.25) is 14.7 Å². The summed E-state index contributed by atoms with van der Waals surface area (Å²) in [6.45, 7) is 9.53. The Balaban J connectivity index is 0.00000364. The van der Waals surface area contributed by atoms with Gasteiger partial charge in [0.15, 0.2) is 5.96 Å². The van der Waals surface area contributed by atoms with Crippen LogP contribution in [0.4, 0.5) is 0 Å². The highest BCUT2D eigenvalue weighted by molar-refractivity contribution is 14.0. The van der Waals surface area contributed by atoms with Gasteiger partial charge < -0.3 is 15.5 Å². The topological polar surface area (TPSA) is 60.0 Å². The number of amides is 1. The summed E-state index contributed by atoms with van der Waals surface area (Å²) in [5.41, 5.74) is 0. The molecular formula is C19H38IN5OS. The fourth-order valence-electron chi connectivity index (χ4n) is 3.33. The molecule has 0 aromatic heterocycles. The van der Waals surface area contributed by atoms with Gasteiger partial charge in [-0.05, 0) is 44.6 Å². The Hall–Kier alpha value is -0.220. The van der Waals surface area contributed by atoms with Gasteiger partial charge in [0, 0.05) is 58.3 Å². The molecule has 2 rings (SSSR count). The van der Waals surface area contributed by atoms with Crippen LogP contribution in [0.3, 0.4) is 0 Å². The number of hydrogen-bond donors (Lipinski definition) is 2. The summed E-state index contributed by atoms with van der Waals surface area (Å²) in [5.74, 6) is 2.87. The number of thioether (sulfide) groups is 1. The van der Waals surface area contributed by atoms with Crippen molar-refractivity contribution < 1.29 is 4.79 Å². The van der Waals surface area contributed by atoms with Crippen LogP contribution in [-0.4, -0.2) is 86.0 Å². The predicted octanol–water partition coefficient (Wildman–Crippen LogP) is 2.25. The van der Waals surface area contributed by atoms with Crippen molar-refractivity contribution in [2.75, 3.05) is 64.4 Å².